The first-order chi connectivity index (χ1) is 15.0. The summed E-state index contributed by atoms with van der Waals surface area (Å²) in [6.07, 6.45) is 3.26. The average molecular weight is 426 g/mol. The molecular formula is C22H23FN4O4. The normalized spacial score (nSPS) is 16.3. The molecule has 1 aromatic carbocycles. The van der Waals surface area contributed by atoms with Gasteiger partial charge in [0.1, 0.15) is 18.1 Å². The fraction of sp³-hybridized carbons (Fsp3) is 0.364. The molecule has 1 atom stereocenters. The number of hydrogen-bond donors (Lipinski definition) is 0. The molecule has 0 unspecified atom stereocenters. The van der Waals surface area contributed by atoms with E-state index in [0.29, 0.717) is 36.8 Å². The molecule has 9 heteroatoms. The molecule has 0 spiro atoms. The summed E-state index contributed by atoms with van der Waals surface area (Å²) < 4.78 is 25.4. The lowest BCUT2D eigenvalue weighted by Crippen LogP contribution is -2.44. The van der Waals surface area contributed by atoms with Crippen LogP contribution in [0.3, 0.4) is 0 Å². The van der Waals surface area contributed by atoms with Crippen molar-refractivity contribution >= 4 is 11.9 Å². The molecule has 1 amide bonds. The minimum absolute atomic E-state index is 0.0894. The highest BCUT2D eigenvalue weighted by atomic mass is 19.1. The number of benzene rings is 1. The molecule has 0 aliphatic carbocycles. The van der Waals surface area contributed by atoms with E-state index in [9.17, 15) is 14.0 Å². The number of hydrogen-bond acceptors (Lipinski definition) is 6. The summed E-state index contributed by atoms with van der Waals surface area (Å²) in [5.41, 5.74) is 1.23. The van der Waals surface area contributed by atoms with E-state index in [1.165, 1.54) is 12.1 Å². The fourth-order valence-corrected chi connectivity index (χ4v) is 3.69. The molecule has 0 saturated carbocycles. The van der Waals surface area contributed by atoms with E-state index in [0.717, 1.165) is 12.8 Å². The van der Waals surface area contributed by atoms with Crippen molar-refractivity contribution in [3.8, 4) is 23.0 Å². The van der Waals surface area contributed by atoms with Crippen molar-refractivity contribution in [2.75, 3.05) is 19.7 Å². The van der Waals surface area contributed by atoms with E-state index in [2.05, 4.69) is 10.1 Å². The molecule has 2 aromatic heterocycles. The quantitative estimate of drug-likeness (QED) is 0.563. The number of rotatable bonds is 6. The summed E-state index contributed by atoms with van der Waals surface area (Å²) in [6.45, 7) is 3.17. The van der Waals surface area contributed by atoms with Gasteiger partial charge in [-0.1, -0.05) is 5.16 Å². The zero-order chi connectivity index (χ0) is 21.8. The van der Waals surface area contributed by atoms with E-state index < -0.39 is 0 Å². The monoisotopic (exact) mass is 426 g/mol. The van der Waals surface area contributed by atoms with E-state index in [1.54, 1.807) is 46.9 Å². The van der Waals surface area contributed by atoms with Gasteiger partial charge in [0.05, 0.1) is 12.5 Å². The molecule has 1 aliphatic rings. The van der Waals surface area contributed by atoms with Crippen molar-refractivity contribution in [2.24, 2.45) is 5.92 Å². The van der Waals surface area contributed by atoms with E-state index in [4.69, 9.17) is 9.26 Å². The Bertz CT molecular complexity index is 1060. The van der Waals surface area contributed by atoms with Crippen LogP contribution in [0, 0.1) is 11.7 Å². The van der Waals surface area contributed by atoms with Crippen molar-refractivity contribution in [2.45, 2.75) is 26.3 Å². The highest BCUT2D eigenvalue weighted by Crippen LogP contribution is 2.24. The first-order valence-corrected chi connectivity index (χ1v) is 10.2. The molecule has 4 rings (SSSR count). The van der Waals surface area contributed by atoms with Crippen LogP contribution in [0.4, 0.5) is 4.39 Å². The zero-order valence-corrected chi connectivity index (χ0v) is 17.2. The number of aromatic nitrogens is 3. The Morgan fingerprint density at radius 1 is 1.26 bits per heavy atom. The second-order valence-electron chi connectivity index (χ2n) is 7.38. The number of likely N-dealkylation sites (tertiary alicyclic amines) is 1. The van der Waals surface area contributed by atoms with Gasteiger partial charge >= 0.3 is 5.97 Å². The summed E-state index contributed by atoms with van der Waals surface area (Å²) in [7, 11) is 0. The topological polar surface area (TPSA) is 90.5 Å². The molecule has 1 fully saturated rings. The third-order valence-electron chi connectivity index (χ3n) is 5.28. The summed E-state index contributed by atoms with van der Waals surface area (Å²) >= 11 is 0. The molecule has 0 N–H and O–H groups in total. The predicted molar refractivity (Wildman–Crippen MR) is 109 cm³/mol. The highest BCUT2D eigenvalue weighted by Gasteiger charge is 2.29. The van der Waals surface area contributed by atoms with Gasteiger partial charge in [-0.2, -0.15) is 4.98 Å². The van der Waals surface area contributed by atoms with Crippen LogP contribution in [-0.4, -0.2) is 51.2 Å². The molecule has 3 heterocycles. The molecule has 31 heavy (non-hydrogen) atoms. The van der Waals surface area contributed by atoms with Gasteiger partial charge in [0.2, 0.25) is 11.7 Å². The van der Waals surface area contributed by atoms with Crippen molar-refractivity contribution in [1.29, 1.82) is 0 Å². The number of halogens is 1. The Morgan fingerprint density at radius 3 is 2.84 bits per heavy atom. The number of nitrogens with zero attached hydrogens (tertiary/aromatic N) is 4. The van der Waals surface area contributed by atoms with E-state index >= 15 is 0 Å². The molecule has 0 bridgehead atoms. The fourth-order valence-electron chi connectivity index (χ4n) is 3.69. The SMILES string of the molecule is CCOC(=O)[C@@H]1CCCN(C(=O)Cn2cccc2-c2nc(-c3ccc(F)cc3)no2)C1. The Balaban J connectivity index is 1.46. The Morgan fingerprint density at radius 2 is 2.06 bits per heavy atom. The average Bonchev–Trinajstić information content (AvgIpc) is 3.44. The minimum atomic E-state index is -0.345. The first-order valence-electron chi connectivity index (χ1n) is 10.2. The van der Waals surface area contributed by atoms with Gasteiger partial charge in [-0.25, -0.2) is 4.39 Å². The Kier molecular flexibility index (Phi) is 6.11. The van der Waals surface area contributed by atoms with Crippen LogP contribution in [0.5, 0.6) is 0 Å². The largest absolute Gasteiger partial charge is 0.466 e. The maximum absolute atomic E-state index is 13.1. The Labute approximate surface area is 178 Å². The van der Waals surface area contributed by atoms with Crippen molar-refractivity contribution in [3.63, 3.8) is 0 Å². The number of carbonyl (C=O) groups excluding carboxylic acids is 2. The van der Waals surface area contributed by atoms with Crippen molar-refractivity contribution in [3.05, 3.63) is 48.4 Å². The first kappa shape index (κ1) is 20.8. The number of esters is 1. The van der Waals surface area contributed by atoms with Gasteiger partial charge in [-0.05, 0) is 56.2 Å². The minimum Gasteiger partial charge on any atom is -0.466 e. The van der Waals surface area contributed by atoms with Gasteiger partial charge in [0.25, 0.3) is 5.89 Å². The molecule has 162 valence electrons. The van der Waals surface area contributed by atoms with Crippen LogP contribution in [0.2, 0.25) is 0 Å². The second kappa shape index (κ2) is 9.11. The lowest BCUT2D eigenvalue weighted by molar-refractivity contribution is -0.151. The number of piperidine rings is 1. The molecule has 0 radical (unpaired) electrons. The Hall–Kier alpha value is -3.49. The van der Waals surface area contributed by atoms with Crippen LogP contribution in [0.15, 0.2) is 47.1 Å². The smallest absolute Gasteiger partial charge is 0.310 e. The lowest BCUT2D eigenvalue weighted by Gasteiger charge is -2.31. The van der Waals surface area contributed by atoms with Gasteiger partial charge in [0, 0.05) is 24.8 Å². The van der Waals surface area contributed by atoms with Crippen LogP contribution in [0.1, 0.15) is 19.8 Å². The van der Waals surface area contributed by atoms with Crippen molar-refractivity contribution in [1.82, 2.24) is 19.6 Å². The predicted octanol–water partition coefficient (Wildman–Crippen LogP) is 3.15. The highest BCUT2D eigenvalue weighted by molar-refractivity contribution is 5.79. The molecule has 1 aliphatic heterocycles. The van der Waals surface area contributed by atoms with Gasteiger partial charge in [0.15, 0.2) is 0 Å². The number of amides is 1. The second-order valence-corrected chi connectivity index (χ2v) is 7.38. The van der Waals surface area contributed by atoms with Gasteiger partial charge in [-0.3, -0.25) is 9.59 Å². The van der Waals surface area contributed by atoms with E-state index in [-0.39, 0.29) is 36.0 Å². The summed E-state index contributed by atoms with van der Waals surface area (Å²) in [6, 6.07) is 9.38. The standard InChI is InChI=1S/C22H23FN4O4/c1-2-30-22(29)16-5-3-12-27(13-16)19(28)14-26-11-4-6-18(26)21-24-20(25-31-21)15-7-9-17(23)10-8-15/h4,6-11,16H,2-3,5,12-14H2,1H3/t16-/m1/s1. The van der Waals surface area contributed by atoms with Crippen molar-refractivity contribution < 1.29 is 23.2 Å². The third kappa shape index (κ3) is 4.65. The van der Waals surface area contributed by atoms with E-state index in [1.807, 2.05) is 0 Å². The summed E-state index contributed by atoms with van der Waals surface area (Å²) in [4.78, 5) is 31.0. The van der Waals surface area contributed by atoms with Crippen LogP contribution in [-0.2, 0) is 20.9 Å². The molecule has 1 saturated heterocycles. The lowest BCUT2D eigenvalue weighted by atomic mass is 9.98. The molecular weight excluding hydrogens is 403 g/mol. The summed E-state index contributed by atoms with van der Waals surface area (Å²) in [5.74, 6) is -0.369. The van der Waals surface area contributed by atoms with Crippen LogP contribution >= 0.6 is 0 Å². The van der Waals surface area contributed by atoms with Crippen LogP contribution in [0.25, 0.3) is 23.0 Å². The zero-order valence-electron chi connectivity index (χ0n) is 17.2. The number of carbonyl (C=O) groups is 2. The maximum Gasteiger partial charge on any atom is 0.310 e. The van der Waals surface area contributed by atoms with Crippen LogP contribution < -0.4 is 0 Å². The summed E-state index contributed by atoms with van der Waals surface area (Å²) in [5, 5.41) is 3.96. The maximum atomic E-state index is 13.1. The molecule has 3 aromatic rings. The molecule has 8 nitrogen and oxygen atoms in total. The number of ether oxygens (including phenoxy) is 1. The third-order valence-corrected chi connectivity index (χ3v) is 5.28. The van der Waals surface area contributed by atoms with Gasteiger partial charge < -0.3 is 18.7 Å². The van der Waals surface area contributed by atoms with Gasteiger partial charge in [-0.15, -0.1) is 0 Å².